The molecule has 0 saturated carbocycles. The predicted molar refractivity (Wildman–Crippen MR) is 110 cm³/mol. The average molecular weight is 359 g/mol. The first-order valence-electron chi connectivity index (χ1n) is 9.82. The Morgan fingerprint density at radius 3 is 2.41 bits per heavy atom. The van der Waals surface area contributed by atoms with Crippen molar-refractivity contribution >= 4 is 16.6 Å². The third kappa shape index (κ3) is 2.94. The summed E-state index contributed by atoms with van der Waals surface area (Å²) < 4.78 is 6.54. The molecular weight excluding hydrogens is 334 g/mol. The quantitative estimate of drug-likeness (QED) is 0.749. The van der Waals surface area contributed by atoms with E-state index in [1.54, 1.807) is 0 Å². The highest BCUT2D eigenvalue weighted by molar-refractivity contribution is 5.99. The number of anilines is 1. The molecule has 4 nitrogen and oxygen atoms in total. The summed E-state index contributed by atoms with van der Waals surface area (Å²) in [5, 5.41) is 2.30. The number of pyridine rings is 1. The van der Waals surface area contributed by atoms with Crippen molar-refractivity contribution in [2.24, 2.45) is 0 Å². The molecule has 2 fully saturated rings. The van der Waals surface area contributed by atoms with Crippen molar-refractivity contribution < 1.29 is 4.74 Å². The van der Waals surface area contributed by atoms with Crippen LogP contribution >= 0.6 is 0 Å². The molecule has 0 amide bonds. The normalized spacial score (nSPS) is 25.0. The van der Waals surface area contributed by atoms with E-state index in [4.69, 9.17) is 10.5 Å². The van der Waals surface area contributed by atoms with E-state index in [2.05, 4.69) is 53.3 Å². The Kier molecular flexibility index (Phi) is 4.01. The molecule has 1 aromatic heterocycles. The van der Waals surface area contributed by atoms with E-state index in [9.17, 15) is 0 Å². The highest BCUT2D eigenvalue weighted by atomic mass is 16.5. The van der Waals surface area contributed by atoms with Crippen molar-refractivity contribution in [3.05, 3.63) is 54.6 Å². The Morgan fingerprint density at radius 2 is 1.67 bits per heavy atom. The van der Waals surface area contributed by atoms with Gasteiger partial charge in [-0.2, -0.15) is 0 Å². The first-order valence-corrected chi connectivity index (χ1v) is 9.82. The number of benzene rings is 2. The van der Waals surface area contributed by atoms with Gasteiger partial charge in [0.05, 0.1) is 5.69 Å². The van der Waals surface area contributed by atoms with Crippen LogP contribution in [-0.4, -0.2) is 35.1 Å². The second kappa shape index (κ2) is 6.54. The molecule has 138 valence electrons. The Bertz CT molecular complexity index is 972. The second-order valence-corrected chi connectivity index (χ2v) is 7.87. The van der Waals surface area contributed by atoms with Gasteiger partial charge in [-0.1, -0.05) is 30.3 Å². The zero-order valence-electron chi connectivity index (χ0n) is 15.6. The highest BCUT2D eigenvalue weighted by Gasteiger charge is 2.39. The fourth-order valence-electron chi connectivity index (χ4n) is 4.84. The topological polar surface area (TPSA) is 51.4 Å². The molecule has 2 saturated heterocycles. The highest BCUT2D eigenvalue weighted by Crippen LogP contribution is 2.39. The second-order valence-electron chi connectivity index (χ2n) is 7.87. The third-order valence-electron chi connectivity index (χ3n) is 6.28. The Balaban J connectivity index is 1.50. The van der Waals surface area contributed by atoms with Crippen LogP contribution in [0.15, 0.2) is 54.6 Å². The van der Waals surface area contributed by atoms with Crippen LogP contribution in [-0.2, 0) is 0 Å². The standard InChI is InChI=1S/C23H25N3O/c1-26-15-9-10-16(26)14-17(13-15)27-22-12-11-19(18-5-2-3-6-20(18)22)21-7-4-8-23(24)25-21/h2-8,11-12,15-17H,9-10,13-14H2,1H3,(H2,24,25). The number of hydrogen-bond donors (Lipinski definition) is 1. The van der Waals surface area contributed by atoms with Crippen molar-refractivity contribution in [2.75, 3.05) is 12.8 Å². The van der Waals surface area contributed by atoms with Gasteiger partial charge in [0, 0.05) is 23.0 Å². The molecule has 0 spiro atoms. The van der Waals surface area contributed by atoms with Crippen LogP contribution in [0.1, 0.15) is 25.7 Å². The molecule has 5 rings (SSSR count). The van der Waals surface area contributed by atoms with Gasteiger partial charge in [-0.05, 0) is 62.4 Å². The Hall–Kier alpha value is -2.59. The van der Waals surface area contributed by atoms with Gasteiger partial charge in [0.15, 0.2) is 0 Å². The van der Waals surface area contributed by atoms with Crippen molar-refractivity contribution in [1.29, 1.82) is 0 Å². The maximum atomic E-state index is 6.54. The van der Waals surface area contributed by atoms with Crippen molar-refractivity contribution in [2.45, 2.75) is 43.9 Å². The molecule has 2 N–H and O–H groups in total. The maximum Gasteiger partial charge on any atom is 0.127 e. The Morgan fingerprint density at radius 1 is 0.926 bits per heavy atom. The molecule has 2 aliphatic rings. The minimum Gasteiger partial charge on any atom is -0.490 e. The molecule has 0 radical (unpaired) electrons. The van der Waals surface area contributed by atoms with Crippen molar-refractivity contribution in [1.82, 2.24) is 9.88 Å². The summed E-state index contributed by atoms with van der Waals surface area (Å²) in [6, 6.07) is 19.8. The van der Waals surface area contributed by atoms with Crippen LogP contribution in [0.2, 0.25) is 0 Å². The first-order chi connectivity index (χ1) is 13.2. The fourth-order valence-corrected chi connectivity index (χ4v) is 4.84. The van der Waals surface area contributed by atoms with Crippen LogP contribution in [0.25, 0.3) is 22.0 Å². The molecule has 27 heavy (non-hydrogen) atoms. The number of aromatic nitrogens is 1. The minimum absolute atomic E-state index is 0.304. The zero-order chi connectivity index (χ0) is 18.4. The Labute approximate surface area is 160 Å². The van der Waals surface area contributed by atoms with Gasteiger partial charge in [-0.15, -0.1) is 0 Å². The molecule has 0 aliphatic carbocycles. The van der Waals surface area contributed by atoms with E-state index < -0.39 is 0 Å². The molecule has 3 heterocycles. The summed E-state index contributed by atoms with van der Waals surface area (Å²) in [6.45, 7) is 0. The number of piperidine rings is 1. The summed E-state index contributed by atoms with van der Waals surface area (Å²) in [4.78, 5) is 7.05. The van der Waals surface area contributed by atoms with E-state index in [0.717, 1.165) is 40.6 Å². The molecule has 2 bridgehead atoms. The van der Waals surface area contributed by atoms with Crippen molar-refractivity contribution in [3.63, 3.8) is 0 Å². The number of nitrogen functional groups attached to an aromatic ring is 1. The number of ether oxygens (including phenoxy) is 1. The van der Waals surface area contributed by atoms with E-state index >= 15 is 0 Å². The zero-order valence-corrected chi connectivity index (χ0v) is 15.6. The molecule has 2 aliphatic heterocycles. The van der Waals surface area contributed by atoms with Gasteiger partial charge < -0.3 is 15.4 Å². The van der Waals surface area contributed by atoms with Crippen LogP contribution < -0.4 is 10.5 Å². The van der Waals surface area contributed by atoms with Crippen LogP contribution in [0, 0.1) is 0 Å². The lowest BCUT2D eigenvalue weighted by atomic mass is 9.99. The van der Waals surface area contributed by atoms with Gasteiger partial charge in [0.25, 0.3) is 0 Å². The molecule has 2 unspecified atom stereocenters. The summed E-state index contributed by atoms with van der Waals surface area (Å²) >= 11 is 0. The fraction of sp³-hybridized carbons (Fsp3) is 0.348. The minimum atomic E-state index is 0.304. The van der Waals surface area contributed by atoms with Gasteiger partial charge in [0.1, 0.15) is 17.7 Å². The van der Waals surface area contributed by atoms with Gasteiger partial charge in [-0.25, -0.2) is 4.98 Å². The SMILES string of the molecule is CN1C2CCC1CC(Oc1ccc(-c3cccc(N)n3)c3ccccc13)C2. The third-order valence-corrected chi connectivity index (χ3v) is 6.28. The summed E-state index contributed by atoms with van der Waals surface area (Å²) in [6.07, 6.45) is 5.17. The summed E-state index contributed by atoms with van der Waals surface area (Å²) in [5.41, 5.74) is 7.89. The number of nitrogens with zero attached hydrogens (tertiary/aromatic N) is 2. The largest absolute Gasteiger partial charge is 0.490 e. The lowest BCUT2D eigenvalue weighted by Crippen LogP contribution is -2.43. The van der Waals surface area contributed by atoms with Crippen LogP contribution in [0.5, 0.6) is 5.75 Å². The van der Waals surface area contributed by atoms with Crippen LogP contribution in [0.3, 0.4) is 0 Å². The molecule has 2 aromatic carbocycles. The maximum absolute atomic E-state index is 6.54. The first kappa shape index (κ1) is 16.6. The number of nitrogens with two attached hydrogens (primary N) is 1. The van der Waals surface area contributed by atoms with Crippen molar-refractivity contribution in [3.8, 4) is 17.0 Å². The van der Waals surface area contributed by atoms with Gasteiger partial charge in [-0.3, -0.25) is 0 Å². The lowest BCUT2D eigenvalue weighted by molar-refractivity contribution is 0.0671. The van der Waals surface area contributed by atoms with Crippen LogP contribution in [0.4, 0.5) is 5.82 Å². The monoisotopic (exact) mass is 359 g/mol. The lowest BCUT2D eigenvalue weighted by Gasteiger charge is -2.36. The number of fused-ring (bicyclic) bond motifs is 3. The van der Waals surface area contributed by atoms with E-state index in [0.29, 0.717) is 24.0 Å². The van der Waals surface area contributed by atoms with E-state index in [1.165, 1.54) is 12.8 Å². The molecular formula is C23H25N3O. The average Bonchev–Trinajstić information content (AvgIpc) is 2.89. The van der Waals surface area contributed by atoms with E-state index in [1.807, 2.05) is 18.2 Å². The van der Waals surface area contributed by atoms with Gasteiger partial charge in [0.2, 0.25) is 0 Å². The predicted octanol–water partition coefficient (Wildman–Crippen LogP) is 4.49. The molecule has 2 atom stereocenters. The smallest absolute Gasteiger partial charge is 0.127 e. The van der Waals surface area contributed by atoms with Gasteiger partial charge >= 0.3 is 0 Å². The number of rotatable bonds is 3. The summed E-state index contributed by atoms with van der Waals surface area (Å²) in [5.74, 6) is 1.52. The summed E-state index contributed by atoms with van der Waals surface area (Å²) in [7, 11) is 2.27. The molecule has 3 aromatic rings. The molecule has 4 heteroatoms. The number of hydrogen-bond acceptors (Lipinski definition) is 4. The van der Waals surface area contributed by atoms with E-state index in [-0.39, 0.29) is 0 Å².